The summed E-state index contributed by atoms with van der Waals surface area (Å²) >= 11 is 0. The smallest absolute Gasteiger partial charge is 0.0340 e. The third-order valence-corrected chi connectivity index (χ3v) is 2.26. The van der Waals surface area contributed by atoms with Crippen LogP contribution >= 0.6 is 0 Å². The van der Waals surface area contributed by atoms with E-state index in [2.05, 4.69) is 43.4 Å². The van der Waals surface area contributed by atoms with Crippen LogP contribution in [0.25, 0.3) is 0 Å². The molecule has 0 spiro atoms. The van der Waals surface area contributed by atoms with Gasteiger partial charge in [-0.05, 0) is 33.2 Å². The Morgan fingerprint density at radius 1 is 1.23 bits per heavy atom. The predicted molar refractivity (Wildman–Crippen MR) is 58.1 cm³/mol. The lowest BCUT2D eigenvalue weighted by Crippen LogP contribution is -2.31. The molecule has 1 N–H and O–H groups in total. The fraction of sp³-hybridized carbons (Fsp3) is 0.455. The Bertz CT molecular complexity index is 231. The van der Waals surface area contributed by atoms with Crippen LogP contribution in [0.15, 0.2) is 30.3 Å². The first-order valence-corrected chi connectivity index (χ1v) is 4.65. The van der Waals surface area contributed by atoms with Gasteiger partial charge in [-0.15, -0.1) is 0 Å². The van der Waals surface area contributed by atoms with Gasteiger partial charge in [0.15, 0.2) is 0 Å². The van der Waals surface area contributed by atoms with E-state index in [-0.39, 0.29) is 0 Å². The van der Waals surface area contributed by atoms with Crippen LogP contribution in [0.3, 0.4) is 0 Å². The van der Waals surface area contributed by atoms with Crippen LogP contribution in [-0.2, 0) is 0 Å². The van der Waals surface area contributed by atoms with Crippen molar-refractivity contribution in [3.05, 3.63) is 30.3 Å². The van der Waals surface area contributed by atoms with Crippen LogP contribution in [0.5, 0.6) is 0 Å². The van der Waals surface area contributed by atoms with Gasteiger partial charge in [0.05, 0.1) is 0 Å². The first kappa shape index (κ1) is 10.1. The fourth-order valence-electron chi connectivity index (χ4n) is 1.00. The molecule has 0 aromatic heterocycles. The van der Waals surface area contributed by atoms with E-state index < -0.39 is 0 Å². The molecule has 0 bridgehead atoms. The molecule has 0 amide bonds. The fourth-order valence-corrected chi connectivity index (χ4v) is 1.00. The predicted octanol–water partition coefficient (Wildman–Crippen LogP) is 2.05. The van der Waals surface area contributed by atoms with Crippen LogP contribution < -0.4 is 5.32 Å². The van der Waals surface area contributed by atoms with Gasteiger partial charge in [0.25, 0.3) is 0 Å². The third-order valence-electron chi connectivity index (χ3n) is 2.26. The van der Waals surface area contributed by atoms with E-state index in [0.717, 1.165) is 6.54 Å². The minimum Gasteiger partial charge on any atom is -0.383 e. The summed E-state index contributed by atoms with van der Waals surface area (Å²) in [6.45, 7) is 3.19. The van der Waals surface area contributed by atoms with Crippen molar-refractivity contribution < 1.29 is 0 Å². The highest BCUT2D eigenvalue weighted by Gasteiger charge is 2.02. The zero-order valence-corrected chi connectivity index (χ0v) is 8.62. The minimum absolute atomic E-state index is 0.556. The Morgan fingerprint density at radius 3 is 2.38 bits per heavy atom. The first-order valence-electron chi connectivity index (χ1n) is 4.65. The summed E-state index contributed by atoms with van der Waals surface area (Å²) in [6.07, 6.45) is 0. The average molecular weight is 178 g/mol. The molecular formula is C11H18N2. The molecule has 1 atom stereocenters. The maximum Gasteiger partial charge on any atom is 0.0340 e. The molecule has 72 valence electrons. The number of nitrogens with zero attached hydrogens (tertiary/aromatic N) is 1. The van der Waals surface area contributed by atoms with Gasteiger partial charge in [0.1, 0.15) is 0 Å². The molecule has 0 saturated heterocycles. The van der Waals surface area contributed by atoms with E-state index >= 15 is 0 Å². The van der Waals surface area contributed by atoms with E-state index in [1.807, 2.05) is 18.2 Å². The molecule has 0 aliphatic rings. The molecule has 0 radical (unpaired) electrons. The first-order chi connectivity index (χ1) is 6.20. The lowest BCUT2D eigenvalue weighted by atomic mass is 10.3. The second kappa shape index (κ2) is 4.87. The van der Waals surface area contributed by atoms with Crippen molar-refractivity contribution in [2.45, 2.75) is 13.0 Å². The van der Waals surface area contributed by atoms with Crippen molar-refractivity contribution in [1.82, 2.24) is 4.90 Å². The Hall–Kier alpha value is -1.02. The Morgan fingerprint density at radius 2 is 1.85 bits per heavy atom. The number of benzene rings is 1. The van der Waals surface area contributed by atoms with Gasteiger partial charge in [-0.3, -0.25) is 0 Å². The molecule has 0 fully saturated rings. The molecule has 0 aliphatic carbocycles. The van der Waals surface area contributed by atoms with E-state index in [1.165, 1.54) is 5.69 Å². The number of hydrogen-bond acceptors (Lipinski definition) is 2. The number of para-hydroxylation sites is 1. The molecule has 1 rings (SSSR count). The highest BCUT2D eigenvalue weighted by atomic mass is 15.1. The van der Waals surface area contributed by atoms with E-state index in [1.54, 1.807) is 0 Å². The molecule has 0 aliphatic heterocycles. The molecule has 0 saturated carbocycles. The summed E-state index contributed by atoms with van der Waals surface area (Å²) in [5, 5.41) is 3.38. The van der Waals surface area contributed by atoms with Crippen molar-refractivity contribution in [2.24, 2.45) is 0 Å². The average Bonchev–Trinajstić information content (AvgIpc) is 2.15. The van der Waals surface area contributed by atoms with Gasteiger partial charge in [-0.1, -0.05) is 18.2 Å². The van der Waals surface area contributed by atoms with Gasteiger partial charge in [0.2, 0.25) is 0 Å². The summed E-state index contributed by atoms with van der Waals surface area (Å²) < 4.78 is 0. The summed E-state index contributed by atoms with van der Waals surface area (Å²) in [5.74, 6) is 0. The summed E-state index contributed by atoms with van der Waals surface area (Å²) in [6, 6.07) is 10.8. The number of anilines is 1. The molecule has 2 heteroatoms. The lowest BCUT2D eigenvalue weighted by molar-refractivity contribution is 0.326. The topological polar surface area (TPSA) is 15.3 Å². The molecular weight excluding hydrogens is 160 g/mol. The zero-order chi connectivity index (χ0) is 9.68. The van der Waals surface area contributed by atoms with E-state index in [9.17, 15) is 0 Å². The Labute approximate surface area is 80.6 Å². The van der Waals surface area contributed by atoms with Crippen molar-refractivity contribution >= 4 is 5.69 Å². The normalized spacial score (nSPS) is 12.9. The quantitative estimate of drug-likeness (QED) is 0.759. The van der Waals surface area contributed by atoms with Gasteiger partial charge in [0, 0.05) is 18.3 Å². The summed E-state index contributed by atoms with van der Waals surface area (Å²) in [7, 11) is 4.19. The van der Waals surface area contributed by atoms with Crippen molar-refractivity contribution in [1.29, 1.82) is 0 Å². The Balaban J connectivity index is 2.35. The number of hydrogen-bond donors (Lipinski definition) is 1. The van der Waals surface area contributed by atoms with Gasteiger partial charge >= 0.3 is 0 Å². The van der Waals surface area contributed by atoms with Crippen molar-refractivity contribution in [2.75, 3.05) is 26.0 Å². The van der Waals surface area contributed by atoms with Crippen LogP contribution in [0.2, 0.25) is 0 Å². The number of nitrogens with one attached hydrogen (secondary N) is 1. The van der Waals surface area contributed by atoms with Crippen LogP contribution in [-0.4, -0.2) is 31.6 Å². The molecule has 2 nitrogen and oxygen atoms in total. The summed E-state index contributed by atoms with van der Waals surface area (Å²) in [4.78, 5) is 2.20. The highest BCUT2D eigenvalue weighted by molar-refractivity contribution is 5.42. The second-order valence-electron chi connectivity index (χ2n) is 3.56. The molecule has 1 aromatic rings. The lowest BCUT2D eigenvalue weighted by Gasteiger charge is -2.20. The molecule has 13 heavy (non-hydrogen) atoms. The SMILES string of the molecule is C[C@@H](CNc1ccccc1)N(C)C. The van der Waals surface area contributed by atoms with Crippen molar-refractivity contribution in [3.8, 4) is 0 Å². The summed E-state index contributed by atoms with van der Waals surface area (Å²) in [5.41, 5.74) is 1.19. The van der Waals surface area contributed by atoms with Gasteiger partial charge < -0.3 is 10.2 Å². The number of rotatable bonds is 4. The largest absolute Gasteiger partial charge is 0.383 e. The third kappa shape index (κ3) is 3.47. The highest BCUT2D eigenvalue weighted by Crippen LogP contribution is 2.05. The minimum atomic E-state index is 0.556. The van der Waals surface area contributed by atoms with Crippen LogP contribution in [0, 0.1) is 0 Å². The molecule has 0 heterocycles. The second-order valence-corrected chi connectivity index (χ2v) is 3.56. The molecule has 0 unspecified atom stereocenters. The van der Waals surface area contributed by atoms with Crippen molar-refractivity contribution in [3.63, 3.8) is 0 Å². The van der Waals surface area contributed by atoms with Crippen LogP contribution in [0.4, 0.5) is 5.69 Å². The van der Waals surface area contributed by atoms with Crippen LogP contribution in [0.1, 0.15) is 6.92 Å². The monoisotopic (exact) mass is 178 g/mol. The van der Waals surface area contributed by atoms with Gasteiger partial charge in [-0.25, -0.2) is 0 Å². The Kier molecular flexibility index (Phi) is 3.77. The molecule has 1 aromatic carbocycles. The standard InChI is InChI=1S/C11H18N2/c1-10(13(2)3)9-12-11-7-5-4-6-8-11/h4-8,10,12H,9H2,1-3H3/t10-/m0/s1. The maximum atomic E-state index is 3.38. The van der Waals surface area contributed by atoms with E-state index in [4.69, 9.17) is 0 Å². The zero-order valence-electron chi connectivity index (χ0n) is 8.62. The van der Waals surface area contributed by atoms with E-state index in [0.29, 0.717) is 6.04 Å². The number of likely N-dealkylation sites (N-methyl/N-ethyl adjacent to an activating group) is 1. The van der Waals surface area contributed by atoms with Gasteiger partial charge in [-0.2, -0.15) is 0 Å². The maximum absolute atomic E-state index is 3.38.